The van der Waals surface area contributed by atoms with E-state index in [1.165, 1.54) is 11.3 Å². The maximum Gasteiger partial charge on any atom is 0.263 e. The van der Waals surface area contributed by atoms with Gasteiger partial charge in [0.15, 0.2) is 0 Å². The number of hydrogen-bond donors (Lipinski definition) is 2. The topological polar surface area (TPSA) is 64.4 Å². The highest BCUT2D eigenvalue weighted by Gasteiger charge is 2.18. The summed E-state index contributed by atoms with van der Waals surface area (Å²) >= 11 is 4.86. The average Bonchev–Trinajstić information content (AvgIpc) is 3.07. The van der Waals surface area contributed by atoms with Crippen LogP contribution in [0.15, 0.2) is 22.7 Å². The van der Waals surface area contributed by atoms with E-state index in [1.807, 2.05) is 18.2 Å². The Kier molecular flexibility index (Phi) is 4.47. The van der Waals surface area contributed by atoms with Gasteiger partial charge in [-0.25, -0.2) is 0 Å². The van der Waals surface area contributed by atoms with Crippen molar-refractivity contribution in [3.05, 3.63) is 27.5 Å². The molecule has 0 bridgehead atoms. The standard InChI is InChI=1S/C15H17BrN2O2S/c16-9-3-4-11-12(8-9)21-14(13(11)17)15(19)18-6-5-10-2-1-7-20-10/h3-4,8,10H,1-2,5-7,17H2,(H,18,19). The highest BCUT2D eigenvalue weighted by Crippen LogP contribution is 2.35. The first-order valence-corrected chi connectivity index (χ1v) is 8.63. The maximum absolute atomic E-state index is 12.3. The van der Waals surface area contributed by atoms with E-state index in [0.29, 0.717) is 23.2 Å². The molecule has 1 aromatic carbocycles. The third kappa shape index (κ3) is 3.22. The van der Waals surface area contributed by atoms with Crippen LogP contribution in [0, 0.1) is 0 Å². The van der Waals surface area contributed by atoms with Crippen LogP contribution in [0.1, 0.15) is 28.9 Å². The van der Waals surface area contributed by atoms with Gasteiger partial charge >= 0.3 is 0 Å². The van der Waals surface area contributed by atoms with Crippen molar-refractivity contribution in [2.45, 2.75) is 25.4 Å². The van der Waals surface area contributed by atoms with Crippen molar-refractivity contribution in [2.24, 2.45) is 0 Å². The van der Waals surface area contributed by atoms with E-state index in [2.05, 4.69) is 21.2 Å². The fourth-order valence-corrected chi connectivity index (χ4v) is 4.15. The molecule has 4 nitrogen and oxygen atoms in total. The van der Waals surface area contributed by atoms with Crippen LogP contribution in [-0.2, 0) is 4.74 Å². The minimum atomic E-state index is -0.0946. The number of nitrogens with one attached hydrogen (secondary N) is 1. The van der Waals surface area contributed by atoms with Gasteiger partial charge in [-0.15, -0.1) is 11.3 Å². The molecule has 1 aliphatic heterocycles. The van der Waals surface area contributed by atoms with Gasteiger partial charge in [-0.05, 0) is 31.4 Å². The molecule has 2 heterocycles. The average molecular weight is 369 g/mol. The zero-order valence-corrected chi connectivity index (χ0v) is 13.9. The molecule has 1 atom stereocenters. The van der Waals surface area contributed by atoms with E-state index < -0.39 is 0 Å². The summed E-state index contributed by atoms with van der Waals surface area (Å²) in [5.41, 5.74) is 6.66. The molecule has 1 amide bonds. The second-order valence-corrected chi connectivity index (χ2v) is 7.13. The third-order valence-corrected chi connectivity index (χ3v) is 5.33. The van der Waals surface area contributed by atoms with E-state index in [-0.39, 0.29) is 5.91 Å². The summed E-state index contributed by atoms with van der Waals surface area (Å²) in [6, 6.07) is 5.86. The van der Waals surface area contributed by atoms with Crippen molar-refractivity contribution in [2.75, 3.05) is 18.9 Å². The Hall–Kier alpha value is -1.11. The fourth-order valence-electron chi connectivity index (χ4n) is 2.56. The molecule has 112 valence electrons. The largest absolute Gasteiger partial charge is 0.397 e. The first-order valence-electron chi connectivity index (χ1n) is 7.02. The molecule has 3 N–H and O–H groups in total. The van der Waals surface area contributed by atoms with Gasteiger partial charge in [0, 0.05) is 27.7 Å². The number of ether oxygens (including phenoxy) is 1. The molecule has 1 fully saturated rings. The Balaban J connectivity index is 1.67. The monoisotopic (exact) mass is 368 g/mol. The molecule has 0 aliphatic carbocycles. The lowest BCUT2D eigenvalue weighted by Crippen LogP contribution is -2.26. The van der Waals surface area contributed by atoms with Gasteiger partial charge in [-0.1, -0.05) is 22.0 Å². The Bertz CT molecular complexity index is 665. The molecule has 1 aromatic heterocycles. The smallest absolute Gasteiger partial charge is 0.263 e. The number of amides is 1. The maximum atomic E-state index is 12.3. The Morgan fingerprint density at radius 1 is 1.52 bits per heavy atom. The van der Waals surface area contributed by atoms with Crippen LogP contribution in [0.2, 0.25) is 0 Å². The first-order chi connectivity index (χ1) is 10.1. The van der Waals surface area contributed by atoms with E-state index in [4.69, 9.17) is 10.5 Å². The molecule has 0 saturated carbocycles. The fraction of sp³-hybridized carbons (Fsp3) is 0.400. The molecule has 3 rings (SSSR count). The third-order valence-electron chi connectivity index (χ3n) is 3.67. The van der Waals surface area contributed by atoms with Crippen LogP contribution < -0.4 is 11.1 Å². The van der Waals surface area contributed by atoms with E-state index >= 15 is 0 Å². The summed E-state index contributed by atoms with van der Waals surface area (Å²) in [7, 11) is 0. The van der Waals surface area contributed by atoms with Gasteiger partial charge in [0.2, 0.25) is 0 Å². The number of nitrogen functional groups attached to an aromatic ring is 1. The summed E-state index contributed by atoms with van der Waals surface area (Å²) < 4.78 is 7.55. The number of carbonyl (C=O) groups is 1. The number of halogens is 1. The van der Waals surface area contributed by atoms with Gasteiger partial charge in [0.05, 0.1) is 11.8 Å². The van der Waals surface area contributed by atoms with Crippen LogP contribution in [0.25, 0.3) is 10.1 Å². The number of benzene rings is 1. The molecule has 0 radical (unpaired) electrons. The number of rotatable bonds is 4. The second kappa shape index (κ2) is 6.34. The molecule has 1 aliphatic rings. The van der Waals surface area contributed by atoms with Crippen LogP contribution in [0.5, 0.6) is 0 Å². The van der Waals surface area contributed by atoms with Gasteiger partial charge < -0.3 is 15.8 Å². The summed E-state index contributed by atoms with van der Waals surface area (Å²) in [5, 5.41) is 3.88. The van der Waals surface area contributed by atoms with E-state index in [1.54, 1.807) is 0 Å². The van der Waals surface area contributed by atoms with Crippen molar-refractivity contribution in [1.29, 1.82) is 0 Å². The normalized spacial score (nSPS) is 18.2. The number of fused-ring (bicyclic) bond motifs is 1. The van der Waals surface area contributed by atoms with Crippen molar-refractivity contribution < 1.29 is 9.53 Å². The highest BCUT2D eigenvalue weighted by molar-refractivity contribution is 9.10. The van der Waals surface area contributed by atoms with Gasteiger partial charge in [0.25, 0.3) is 5.91 Å². The number of thiophene rings is 1. The summed E-state index contributed by atoms with van der Waals surface area (Å²) in [6.07, 6.45) is 3.37. The van der Waals surface area contributed by atoms with Crippen LogP contribution in [0.4, 0.5) is 5.69 Å². The zero-order valence-electron chi connectivity index (χ0n) is 11.5. The van der Waals surface area contributed by atoms with Gasteiger partial charge in [-0.2, -0.15) is 0 Å². The van der Waals surface area contributed by atoms with Crippen molar-refractivity contribution in [3.8, 4) is 0 Å². The lowest BCUT2D eigenvalue weighted by atomic mass is 10.2. The zero-order chi connectivity index (χ0) is 14.8. The van der Waals surface area contributed by atoms with E-state index in [0.717, 1.165) is 40.4 Å². The van der Waals surface area contributed by atoms with Crippen molar-refractivity contribution >= 4 is 48.9 Å². The predicted octanol–water partition coefficient (Wildman–Crippen LogP) is 3.54. The molecular weight excluding hydrogens is 352 g/mol. The lowest BCUT2D eigenvalue weighted by Gasteiger charge is -2.09. The summed E-state index contributed by atoms with van der Waals surface area (Å²) in [5.74, 6) is -0.0946. The molecule has 1 unspecified atom stereocenters. The molecular formula is C15H17BrN2O2S. The van der Waals surface area contributed by atoms with Crippen LogP contribution in [0.3, 0.4) is 0 Å². The number of hydrogen-bond acceptors (Lipinski definition) is 4. The summed E-state index contributed by atoms with van der Waals surface area (Å²) in [4.78, 5) is 12.9. The van der Waals surface area contributed by atoms with Crippen molar-refractivity contribution in [1.82, 2.24) is 5.32 Å². The minimum Gasteiger partial charge on any atom is -0.397 e. The Labute approximate surface area is 135 Å². The van der Waals surface area contributed by atoms with Crippen molar-refractivity contribution in [3.63, 3.8) is 0 Å². The number of carbonyl (C=O) groups excluding carboxylic acids is 1. The molecule has 6 heteroatoms. The predicted molar refractivity (Wildman–Crippen MR) is 89.9 cm³/mol. The van der Waals surface area contributed by atoms with Gasteiger partial charge in [0.1, 0.15) is 4.88 Å². The van der Waals surface area contributed by atoms with Gasteiger partial charge in [-0.3, -0.25) is 4.79 Å². The lowest BCUT2D eigenvalue weighted by molar-refractivity contribution is 0.0911. The first kappa shape index (κ1) is 14.8. The summed E-state index contributed by atoms with van der Waals surface area (Å²) in [6.45, 7) is 1.47. The molecule has 21 heavy (non-hydrogen) atoms. The quantitative estimate of drug-likeness (QED) is 0.867. The Morgan fingerprint density at radius 3 is 3.14 bits per heavy atom. The highest BCUT2D eigenvalue weighted by atomic mass is 79.9. The Morgan fingerprint density at radius 2 is 2.38 bits per heavy atom. The number of nitrogens with two attached hydrogens (primary N) is 1. The molecule has 2 aromatic rings. The molecule has 1 saturated heterocycles. The second-order valence-electron chi connectivity index (χ2n) is 5.16. The minimum absolute atomic E-state index is 0.0946. The molecule has 0 spiro atoms. The van der Waals surface area contributed by atoms with Crippen LogP contribution in [-0.4, -0.2) is 25.2 Å². The van der Waals surface area contributed by atoms with E-state index in [9.17, 15) is 4.79 Å². The SMILES string of the molecule is Nc1c(C(=O)NCCC2CCCO2)sc2cc(Br)ccc12. The van der Waals surface area contributed by atoms with Crippen LogP contribution >= 0.6 is 27.3 Å². The number of anilines is 1.